The van der Waals surface area contributed by atoms with Crippen LogP contribution >= 0.6 is 0 Å². The van der Waals surface area contributed by atoms with E-state index in [1.165, 1.54) is 18.4 Å². The van der Waals surface area contributed by atoms with Crippen LogP contribution in [0.5, 0.6) is 0 Å². The van der Waals surface area contributed by atoms with Crippen molar-refractivity contribution in [1.29, 1.82) is 0 Å². The Morgan fingerprint density at radius 1 is 1.08 bits per heavy atom. The summed E-state index contributed by atoms with van der Waals surface area (Å²) in [5, 5.41) is 0. The lowest BCUT2D eigenvalue weighted by Gasteiger charge is -2.34. The van der Waals surface area contributed by atoms with E-state index >= 15 is 0 Å². The second kappa shape index (κ2) is 9.93. The second-order valence-corrected chi connectivity index (χ2v) is 7.89. The molecule has 0 radical (unpaired) electrons. The molecule has 144 valence electrons. The van der Waals surface area contributed by atoms with Gasteiger partial charge in [-0.25, -0.2) is 0 Å². The van der Waals surface area contributed by atoms with Crippen molar-refractivity contribution in [3.63, 3.8) is 0 Å². The van der Waals surface area contributed by atoms with E-state index in [2.05, 4.69) is 56.9 Å². The Morgan fingerprint density at radius 3 is 2.54 bits per heavy atom. The average molecular weight is 358 g/mol. The Bertz CT molecular complexity index is 551. The standard InChI is InChI=1S/C21H35N5/c1-19-7-5-12-26(17-19)21(22)23-10-6-11-24-13-15-25(16-14-24)18-20-8-3-2-4-9-20/h2-4,8-9,19H,5-7,10-18H2,1H3,(H2,22,23). The van der Waals surface area contributed by atoms with Gasteiger partial charge in [-0.15, -0.1) is 0 Å². The molecule has 1 unspecified atom stereocenters. The number of likely N-dealkylation sites (tertiary alicyclic amines) is 1. The molecule has 2 fully saturated rings. The quantitative estimate of drug-likeness (QED) is 0.482. The van der Waals surface area contributed by atoms with Gasteiger partial charge in [-0.05, 0) is 30.7 Å². The lowest BCUT2D eigenvalue weighted by atomic mass is 10.0. The zero-order valence-electron chi connectivity index (χ0n) is 16.3. The molecular weight excluding hydrogens is 322 g/mol. The molecule has 0 aromatic heterocycles. The van der Waals surface area contributed by atoms with Crippen molar-refractivity contribution in [2.45, 2.75) is 32.7 Å². The lowest BCUT2D eigenvalue weighted by Crippen LogP contribution is -2.46. The largest absolute Gasteiger partial charge is 0.370 e. The summed E-state index contributed by atoms with van der Waals surface area (Å²) in [5.41, 5.74) is 7.59. The van der Waals surface area contributed by atoms with E-state index in [0.717, 1.165) is 77.2 Å². The van der Waals surface area contributed by atoms with Crippen LogP contribution in [0.3, 0.4) is 0 Å². The first-order valence-corrected chi connectivity index (χ1v) is 10.2. The van der Waals surface area contributed by atoms with Gasteiger partial charge in [0, 0.05) is 58.9 Å². The highest BCUT2D eigenvalue weighted by molar-refractivity contribution is 5.78. The number of nitrogens with zero attached hydrogens (tertiary/aromatic N) is 4. The number of piperazine rings is 1. The Labute approximate surface area is 158 Å². The highest BCUT2D eigenvalue weighted by Crippen LogP contribution is 2.15. The van der Waals surface area contributed by atoms with E-state index in [1.807, 2.05) is 0 Å². The van der Waals surface area contributed by atoms with Crippen molar-refractivity contribution in [3.05, 3.63) is 35.9 Å². The SMILES string of the molecule is CC1CCCN(C(N)=NCCCN2CCN(Cc3ccccc3)CC2)C1. The van der Waals surface area contributed by atoms with Gasteiger partial charge >= 0.3 is 0 Å². The van der Waals surface area contributed by atoms with Crippen molar-refractivity contribution in [2.24, 2.45) is 16.6 Å². The summed E-state index contributed by atoms with van der Waals surface area (Å²) < 4.78 is 0. The van der Waals surface area contributed by atoms with Crippen LogP contribution in [0.15, 0.2) is 35.3 Å². The number of aliphatic imine (C=N–C) groups is 1. The fourth-order valence-electron chi connectivity index (χ4n) is 4.00. The zero-order chi connectivity index (χ0) is 18.2. The highest BCUT2D eigenvalue weighted by Gasteiger charge is 2.18. The Morgan fingerprint density at radius 2 is 1.81 bits per heavy atom. The molecule has 2 saturated heterocycles. The van der Waals surface area contributed by atoms with E-state index in [-0.39, 0.29) is 0 Å². The fraction of sp³-hybridized carbons (Fsp3) is 0.667. The summed E-state index contributed by atoms with van der Waals surface area (Å²) in [4.78, 5) is 12.0. The van der Waals surface area contributed by atoms with Gasteiger partial charge in [0.15, 0.2) is 5.96 Å². The summed E-state index contributed by atoms with van der Waals surface area (Å²) in [6.45, 7) is 12.1. The maximum Gasteiger partial charge on any atom is 0.191 e. The van der Waals surface area contributed by atoms with E-state index in [0.29, 0.717) is 0 Å². The summed E-state index contributed by atoms with van der Waals surface area (Å²) in [7, 11) is 0. The summed E-state index contributed by atoms with van der Waals surface area (Å²) in [5.74, 6) is 1.49. The van der Waals surface area contributed by atoms with E-state index in [9.17, 15) is 0 Å². The van der Waals surface area contributed by atoms with Gasteiger partial charge in [-0.2, -0.15) is 0 Å². The first kappa shape index (κ1) is 19.2. The molecule has 1 aromatic carbocycles. The molecule has 1 aromatic rings. The molecule has 0 amide bonds. The molecule has 3 rings (SSSR count). The minimum Gasteiger partial charge on any atom is -0.370 e. The molecule has 0 aliphatic carbocycles. The topological polar surface area (TPSA) is 48.1 Å². The zero-order valence-corrected chi connectivity index (χ0v) is 16.3. The molecule has 26 heavy (non-hydrogen) atoms. The van der Waals surface area contributed by atoms with Gasteiger partial charge in [0.05, 0.1) is 0 Å². The predicted molar refractivity (Wildman–Crippen MR) is 109 cm³/mol. The van der Waals surface area contributed by atoms with Crippen LogP contribution in [-0.4, -0.2) is 73.0 Å². The number of piperidine rings is 1. The van der Waals surface area contributed by atoms with Gasteiger partial charge in [-0.1, -0.05) is 37.3 Å². The number of rotatable bonds is 6. The van der Waals surface area contributed by atoms with Gasteiger partial charge in [0.2, 0.25) is 0 Å². The third-order valence-corrected chi connectivity index (χ3v) is 5.60. The highest BCUT2D eigenvalue weighted by atomic mass is 15.3. The molecule has 5 heteroatoms. The molecule has 2 aliphatic rings. The molecule has 2 heterocycles. The summed E-state index contributed by atoms with van der Waals surface area (Å²) in [6, 6.07) is 10.8. The first-order valence-electron chi connectivity index (χ1n) is 10.2. The van der Waals surface area contributed by atoms with Crippen LogP contribution in [0.25, 0.3) is 0 Å². The third-order valence-electron chi connectivity index (χ3n) is 5.60. The normalized spacial score (nSPS) is 23.3. The summed E-state index contributed by atoms with van der Waals surface area (Å²) >= 11 is 0. The van der Waals surface area contributed by atoms with Crippen LogP contribution in [0.4, 0.5) is 0 Å². The number of guanidine groups is 1. The van der Waals surface area contributed by atoms with Gasteiger partial charge < -0.3 is 15.5 Å². The van der Waals surface area contributed by atoms with Crippen LogP contribution in [0, 0.1) is 5.92 Å². The predicted octanol–water partition coefficient (Wildman–Crippen LogP) is 2.24. The minimum absolute atomic E-state index is 0.740. The maximum atomic E-state index is 6.18. The molecule has 0 saturated carbocycles. The van der Waals surface area contributed by atoms with Gasteiger partial charge in [-0.3, -0.25) is 9.89 Å². The van der Waals surface area contributed by atoms with E-state index < -0.39 is 0 Å². The molecule has 2 N–H and O–H groups in total. The lowest BCUT2D eigenvalue weighted by molar-refractivity contribution is 0.127. The van der Waals surface area contributed by atoms with Gasteiger partial charge in [0.25, 0.3) is 0 Å². The second-order valence-electron chi connectivity index (χ2n) is 7.89. The van der Waals surface area contributed by atoms with Crippen molar-refractivity contribution >= 4 is 5.96 Å². The van der Waals surface area contributed by atoms with Crippen LogP contribution < -0.4 is 5.73 Å². The molecular formula is C21H35N5. The number of hydrogen-bond donors (Lipinski definition) is 1. The van der Waals surface area contributed by atoms with Crippen LogP contribution in [0.1, 0.15) is 31.7 Å². The minimum atomic E-state index is 0.740. The molecule has 5 nitrogen and oxygen atoms in total. The third kappa shape index (κ3) is 5.99. The van der Waals surface area contributed by atoms with E-state index in [4.69, 9.17) is 5.73 Å². The van der Waals surface area contributed by atoms with Crippen LogP contribution in [0.2, 0.25) is 0 Å². The number of nitrogens with two attached hydrogens (primary N) is 1. The number of benzene rings is 1. The van der Waals surface area contributed by atoms with Gasteiger partial charge in [0.1, 0.15) is 0 Å². The van der Waals surface area contributed by atoms with E-state index in [1.54, 1.807) is 0 Å². The summed E-state index contributed by atoms with van der Waals surface area (Å²) in [6.07, 6.45) is 3.66. The van der Waals surface area contributed by atoms with Crippen molar-refractivity contribution in [3.8, 4) is 0 Å². The molecule has 0 bridgehead atoms. The number of hydrogen-bond acceptors (Lipinski definition) is 3. The monoisotopic (exact) mass is 357 g/mol. The molecule has 2 aliphatic heterocycles. The Kier molecular flexibility index (Phi) is 7.32. The maximum absolute atomic E-state index is 6.18. The van der Waals surface area contributed by atoms with Crippen LogP contribution in [-0.2, 0) is 6.54 Å². The first-order chi connectivity index (χ1) is 12.7. The Balaban J connectivity index is 1.31. The van der Waals surface area contributed by atoms with Crippen molar-refractivity contribution < 1.29 is 0 Å². The Hall–Kier alpha value is -1.59. The molecule has 0 spiro atoms. The molecule has 1 atom stereocenters. The van der Waals surface area contributed by atoms with Crippen molar-refractivity contribution in [1.82, 2.24) is 14.7 Å². The fourth-order valence-corrected chi connectivity index (χ4v) is 4.00. The van der Waals surface area contributed by atoms with Crippen molar-refractivity contribution in [2.75, 3.05) is 52.4 Å². The average Bonchev–Trinajstić information content (AvgIpc) is 2.67. The smallest absolute Gasteiger partial charge is 0.191 e.